The Morgan fingerprint density at radius 3 is 2.61 bits per heavy atom. The van der Waals surface area contributed by atoms with Gasteiger partial charge in [-0.05, 0) is 38.3 Å². The average molecular weight is 520 g/mol. The van der Waals surface area contributed by atoms with Gasteiger partial charge >= 0.3 is 6.18 Å². The number of aromatic nitrogens is 3. The standard InChI is InChI=1S/C25H28F3N5O2S/c1-16-13-22(25(26,27)28)30-33(16)14-23(34)32-11-9-20(10-12-32)24-29-21(15-36-24)17(2)31-35-18(3)19-7-5-4-6-8-19/h4-8,13,15,18,20,31H,2,9-12,14H2,1,3H3. The van der Waals surface area contributed by atoms with E-state index >= 15 is 0 Å². The number of halogens is 3. The number of likely N-dealkylation sites (tertiary alicyclic amines) is 1. The van der Waals surface area contributed by atoms with Gasteiger partial charge in [0.05, 0.1) is 16.4 Å². The highest BCUT2D eigenvalue weighted by Gasteiger charge is 2.35. The topological polar surface area (TPSA) is 72.3 Å². The molecule has 3 aromatic rings. The Hall–Kier alpha value is -3.18. The zero-order valence-electron chi connectivity index (χ0n) is 20.1. The number of nitrogens with zero attached hydrogens (tertiary/aromatic N) is 4. The van der Waals surface area contributed by atoms with Crippen molar-refractivity contribution in [2.24, 2.45) is 0 Å². The minimum Gasteiger partial charge on any atom is -0.341 e. The first kappa shape index (κ1) is 25.9. The van der Waals surface area contributed by atoms with Gasteiger partial charge in [-0.1, -0.05) is 36.9 Å². The van der Waals surface area contributed by atoms with E-state index in [1.807, 2.05) is 42.6 Å². The lowest BCUT2D eigenvalue weighted by Crippen LogP contribution is -2.40. The van der Waals surface area contributed by atoms with E-state index in [-0.39, 0.29) is 24.5 Å². The highest BCUT2D eigenvalue weighted by Crippen LogP contribution is 2.32. The van der Waals surface area contributed by atoms with Gasteiger partial charge in [0.25, 0.3) is 0 Å². The molecule has 0 saturated carbocycles. The van der Waals surface area contributed by atoms with Crippen LogP contribution < -0.4 is 5.48 Å². The maximum atomic E-state index is 12.9. The molecule has 1 atom stereocenters. The van der Waals surface area contributed by atoms with E-state index in [0.29, 0.717) is 30.2 Å². The first-order valence-corrected chi connectivity index (χ1v) is 12.5. The molecule has 1 unspecified atom stereocenters. The van der Waals surface area contributed by atoms with Crippen LogP contribution in [0.15, 0.2) is 48.4 Å². The second-order valence-corrected chi connectivity index (χ2v) is 9.69. The number of thiazole rings is 1. The lowest BCUT2D eigenvalue weighted by molar-refractivity contribution is -0.142. The summed E-state index contributed by atoms with van der Waals surface area (Å²) in [6.07, 6.45) is -3.23. The molecule has 1 N–H and O–H groups in total. The normalized spacial score (nSPS) is 15.6. The van der Waals surface area contributed by atoms with Crippen LogP contribution in [0.3, 0.4) is 0 Å². The van der Waals surface area contributed by atoms with Crippen molar-refractivity contribution in [2.75, 3.05) is 13.1 Å². The second kappa shape index (κ2) is 10.8. The number of hydrogen-bond donors (Lipinski definition) is 1. The van der Waals surface area contributed by atoms with Crippen LogP contribution in [0.25, 0.3) is 5.70 Å². The first-order chi connectivity index (χ1) is 17.1. The number of carbonyl (C=O) groups excluding carboxylic acids is 1. The lowest BCUT2D eigenvalue weighted by atomic mass is 9.97. The van der Waals surface area contributed by atoms with Gasteiger partial charge < -0.3 is 4.90 Å². The summed E-state index contributed by atoms with van der Waals surface area (Å²) in [4.78, 5) is 24.8. The van der Waals surface area contributed by atoms with Gasteiger partial charge in [0.2, 0.25) is 5.91 Å². The van der Waals surface area contributed by atoms with Crippen LogP contribution >= 0.6 is 11.3 Å². The predicted octanol–water partition coefficient (Wildman–Crippen LogP) is 5.33. The van der Waals surface area contributed by atoms with Crippen molar-refractivity contribution in [3.05, 3.63) is 76.0 Å². The number of aryl methyl sites for hydroxylation is 1. The molecular formula is C25H28F3N5O2S. The number of carbonyl (C=O) groups is 1. The molecule has 7 nitrogen and oxygen atoms in total. The number of rotatable bonds is 8. The van der Waals surface area contributed by atoms with Crippen LogP contribution in [0.1, 0.15) is 59.4 Å². The Bertz CT molecular complexity index is 1200. The van der Waals surface area contributed by atoms with Gasteiger partial charge in [0.15, 0.2) is 5.69 Å². The van der Waals surface area contributed by atoms with E-state index < -0.39 is 11.9 Å². The van der Waals surface area contributed by atoms with E-state index in [4.69, 9.17) is 9.82 Å². The van der Waals surface area contributed by atoms with Crippen LogP contribution in [-0.4, -0.2) is 38.7 Å². The smallest absolute Gasteiger partial charge is 0.341 e. The molecular weight excluding hydrogens is 491 g/mol. The number of piperidine rings is 1. The van der Waals surface area contributed by atoms with E-state index in [2.05, 4.69) is 17.2 Å². The minimum atomic E-state index is -4.53. The van der Waals surface area contributed by atoms with Crippen LogP contribution in [-0.2, 0) is 22.4 Å². The summed E-state index contributed by atoms with van der Waals surface area (Å²) >= 11 is 1.54. The molecule has 1 aromatic carbocycles. The molecule has 11 heteroatoms. The van der Waals surface area contributed by atoms with Crippen LogP contribution in [0.2, 0.25) is 0 Å². The molecule has 0 bridgehead atoms. The summed E-state index contributed by atoms with van der Waals surface area (Å²) in [6.45, 7) is 8.30. The van der Waals surface area contributed by atoms with Gasteiger partial charge in [0.1, 0.15) is 12.6 Å². The minimum absolute atomic E-state index is 0.159. The highest BCUT2D eigenvalue weighted by atomic mass is 32.1. The molecule has 0 radical (unpaired) electrons. The summed E-state index contributed by atoms with van der Waals surface area (Å²) < 4.78 is 39.8. The van der Waals surface area contributed by atoms with Crippen molar-refractivity contribution < 1.29 is 22.8 Å². The number of benzene rings is 1. The van der Waals surface area contributed by atoms with Crippen molar-refractivity contribution in [3.8, 4) is 0 Å². The zero-order valence-corrected chi connectivity index (χ0v) is 20.9. The summed E-state index contributed by atoms with van der Waals surface area (Å²) in [5.74, 6) is -0.0384. The molecule has 3 heterocycles. The molecule has 36 heavy (non-hydrogen) atoms. The summed E-state index contributed by atoms with van der Waals surface area (Å²) in [5, 5.41) is 6.45. The molecule has 0 spiro atoms. The van der Waals surface area contributed by atoms with E-state index in [0.717, 1.165) is 34.2 Å². The van der Waals surface area contributed by atoms with E-state index in [9.17, 15) is 18.0 Å². The quantitative estimate of drug-likeness (QED) is 0.408. The van der Waals surface area contributed by atoms with Crippen molar-refractivity contribution in [1.29, 1.82) is 0 Å². The van der Waals surface area contributed by atoms with Gasteiger partial charge in [0, 0.05) is 30.1 Å². The molecule has 2 aromatic heterocycles. The molecule has 1 aliphatic heterocycles. The van der Waals surface area contributed by atoms with Gasteiger partial charge in [-0.2, -0.15) is 18.3 Å². The monoisotopic (exact) mass is 519 g/mol. The summed E-state index contributed by atoms with van der Waals surface area (Å²) in [7, 11) is 0. The third-order valence-electron chi connectivity index (χ3n) is 6.21. The van der Waals surface area contributed by atoms with Gasteiger partial charge in [-0.3, -0.25) is 19.8 Å². The number of hydrogen-bond acceptors (Lipinski definition) is 6. The Kier molecular flexibility index (Phi) is 7.79. The number of amides is 1. The largest absolute Gasteiger partial charge is 0.435 e. The Morgan fingerprint density at radius 1 is 1.28 bits per heavy atom. The molecule has 0 aliphatic carbocycles. The number of alkyl halides is 3. The van der Waals surface area contributed by atoms with Gasteiger partial charge in [-0.15, -0.1) is 11.3 Å². The molecule has 1 aliphatic rings. The SMILES string of the molecule is C=C(NOC(C)c1ccccc1)c1csc(C2CCN(C(=O)Cn3nc(C(F)(F)F)cc3C)CC2)n1. The fraction of sp³-hybridized carbons (Fsp3) is 0.400. The Labute approximate surface area is 211 Å². The third kappa shape index (κ3) is 6.14. The van der Waals surface area contributed by atoms with Crippen LogP contribution in [0, 0.1) is 6.92 Å². The lowest BCUT2D eigenvalue weighted by Gasteiger charge is -2.31. The maximum Gasteiger partial charge on any atom is 0.435 e. The molecule has 1 amide bonds. The Morgan fingerprint density at radius 2 is 1.97 bits per heavy atom. The van der Waals surface area contributed by atoms with Crippen LogP contribution in [0.5, 0.6) is 0 Å². The summed E-state index contributed by atoms with van der Waals surface area (Å²) in [5.41, 5.74) is 4.54. The third-order valence-corrected chi connectivity index (χ3v) is 7.22. The molecule has 1 saturated heterocycles. The van der Waals surface area contributed by atoms with Crippen LogP contribution in [0.4, 0.5) is 13.2 Å². The number of hydroxylamine groups is 1. The maximum absolute atomic E-state index is 12.9. The van der Waals surface area contributed by atoms with Crippen molar-refractivity contribution >= 4 is 22.9 Å². The fourth-order valence-corrected chi connectivity index (χ4v) is 5.04. The van der Waals surface area contributed by atoms with E-state index in [1.54, 1.807) is 16.2 Å². The molecule has 1 fully saturated rings. The van der Waals surface area contributed by atoms with Gasteiger partial charge in [-0.25, -0.2) is 4.98 Å². The first-order valence-electron chi connectivity index (χ1n) is 11.6. The zero-order chi connectivity index (χ0) is 25.9. The molecule has 4 rings (SSSR count). The summed E-state index contributed by atoms with van der Waals surface area (Å²) in [6, 6.07) is 10.8. The predicted molar refractivity (Wildman–Crippen MR) is 131 cm³/mol. The van der Waals surface area contributed by atoms with Crippen molar-refractivity contribution in [3.63, 3.8) is 0 Å². The fourth-order valence-electron chi connectivity index (χ4n) is 4.03. The highest BCUT2D eigenvalue weighted by molar-refractivity contribution is 7.09. The Balaban J connectivity index is 1.27. The van der Waals surface area contributed by atoms with Crippen molar-refractivity contribution in [1.82, 2.24) is 25.1 Å². The number of nitrogens with one attached hydrogen (secondary N) is 1. The van der Waals surface area contributed by atoms with Crippen molar-refractivity contribution in [2.45, 2.75) is 51.4 Å². The average Bonchev–Trinajstić information content (AvgIpc) is 3.50. The second-order valence-electron chi connectivity index (χ2n) is 8.80. The van der Waals surface area contributed by atoms with E-state index in [1.165, 1.54) is 6.92 Å². The molecule has 192 valence electrons.